The number of carbonyl (C=O) groups is 2. The van der Waals surface area contributed by atoms with Crippen LogP contribution >= 0.6 is 23.2 Å². The number of ether oxygens (including phenoxy) is 1. The third-order valence-corrected chi connectivity index (χ3v) is 2.39. The second-order valence-electron chi connectivity index (χ2n) is 2.42. The van der Waals surface area contributed by atoms with E-state index in [0.29, 0.717) is 0 Å². The number of ketones is 1. The van der Waals surface area contributed by atoms with Crippen LogP contribution in [0.3, 0.4) is 0 Å². The van der Waals surface area contributed by atoms with Crippen molar-refractivity contribution in [2.45, 2.75) is 0 Å². The van der Waals surface area contributed by atoms with Crippen molar-refractivity contribution in [1.29, 1.82) is 0 Å². The molecule has 0 aliphatic carbocycles. The van der Waals surface area contributed by atoms with Crippen molar-refractivity contribution in [3.63, 3.8) is 0 Å². The first-order valence-corrected chi connectivity index (χ1v) is 4.40. The van der Waals surface area contributed by atoms with Crippen molar-refractivity contribution >= 4 is 35.0 Å². The highest BCUT2D eigenvalue weighted by atomic mass is 35.5. The summed E-state index contributed by atoms with van der Waals surface area (Å²) >= 11 is 11.4. The van der Waals surface area contributed by atoms with Crippen LogP contribution in [-0.2, 0) is 9.53 Å². The van der Waals surface area contributed by atoms with Crippen LogP contribution in [0.25, 0.3) is 0 Å². The van der Waals surface area contributed by atoms with Gasteiger partial charge in [0.1, 0.15) is 0 Å². The first-order valence-electron chi connectivity index (χ1n) is 3.64. The van der Waals surface area contributed by atoms with E-state index in [1.54, 1.807) is 0 Å². The fraction of sp³-hybridized carbons (Fsp3) is 0.111. The van der Waals surface area contributed by atoms with Crippen LogP contribution in [0.15, 0.2) is 18.2 Å². The molecule has 0 spiro atoms. The van der Waals surface area contributed by atoms with Crippen molar-refractivity contribution in [2.24, 2.45) is 0 Å². The van der Waals surface area contributed by atoms with Crippen LogP contribution < -0.4 is 0 Å². The number of carbonyl (C=O) groups excluding carboxylic acids is 2. The van der Waals surface area contributed by atoms with Gasteiger partial charge < -0.3 is 4.74 Å². The molecule has 0 atom stereocenters. The maximum absolute atomic E-state index is 11.3. The molecule has 0 bridgehead atoms. The smallest absolute Gasteiger partial charge is 0.379 e. The van der Waals surface area contributed by atoms with Crippen molar-refractivity contribution in [1.82, 2.24) is 0 Å². The molecule has 0 saturated heterocycles. The molecule has 0 aromatic heterocycles. The molecule has 0 radical (unpaired) electrons. The quantitative estimate of drug-likeness (QED) is 0.447. The van der Waals surface area contributed by atoms with E-state index in [-0.39, 0.29) is 15.6 Å². The highest BCUT2D eigenvalue weighted by Crippen LogP contribution is 2.25. The van der Waals surface area contributed by atoms with E-state index in [1.165, 1.54) is 18.2 Å². The summed E-state index contributed by atoms with van der Waals surface area (Å²) in [4.78, 5) is 22.2. The molecular weight excluding hydrogens is 227 g/mol. The van der Waals surface area contributed by atoms with E-state index < -0.39 is 11.8 Å². The summed E-state index contributed by atoms with van der Waals surface area (Å²) in [5.74, 6) is -1.77. The van der Waals surface area contributed by atoms with Gasteiger partial charge in [0.15, 0.2) is 0 Å². The summed E-state index contributed by atoms with van der Waals surface area (Å²) in [7, 11) is 1.12. The van der Waals surface area contributed by atoms with Gasteiger partial charge in [-0.25, -0.2) is 4.79 Å². The molecule has 0 saturated carbocycles. The molecule has 5 heteroatoms. The van der Waals surface area contributed by atoms with Crippen LogP contribution in [0.4, 0.5) is 0 Å². The Morgan fingerprint density at radius 2 is 1.93 bits per heavy atom. The van der Waals surface area contributed by atoms with Gasteiger partial charge in [-0.05, 0) is 12.1 Å². The molecule has 0 amide bonds. The third kappa shape index (κ3) is 2.05. The summed E-state index contributed by atoms with van der Waals surface area (Å²) in [5, 5.41) is 0.283. The Hall–Kier alpha value is -1.06. The van der Waals surface area contributed by atoms with Crippen molar-refractivity contribution < 1.29 is 14.3 Å². The lowest BCUT2D eigenvalue weighted by molar-refractivity contribution is -0.135. The minimum absolute atomic E-state index is 0.0472. The molecular formula is C9H6Cl2O3. The molecule has 74 valence electrons. The molecule has 0 N–H and O–H groups in total. The van der Waals surface area contributed by atoms with Gasteiger partial charge in [-0.3, -0.25) is 4.79 Å². The van der Waals surface area contributed by atoms with Gasteiger partial charge in [0.25, 0.3) is 5.78 Å². The molecule has 0 unspecified atom stereocenters. The monoisotopic (exact) mass is 232 g/mol. The number of hydrogen-bond donors (Lipinski definition) is 0. The fourth-order valence-electron chi connectivity index (χ4n) is 0.882. The standard InChI is InChI=1S/C9H6Cl2O3/c1-14-9(13)8(12)5-3-2-4-6(10)7(5)11/h2-4H,1H3. The maximum atomic E-state index is 11.3. The van der Waals surface area contributed by atoms with Gasteiger partial charge in [-0.2, -0.15) is 0 Å². The zero-order chi connectivity index (χ0) is 10.7. The molecule has 1 aromatic carbocycles. The highest BCUT2D eigenvalue weighted by Gasteiger charge is 2.20. The number of hydrogen-bond acceptors (Lipinski definition) is 3. The van der Waals surface area contributed by atoms with Gasteiger partial charge in [-0.1, -0.05) is 29.3 Å². The number of methoxy groups -OCH3 is 1. The molecule has 0 aliphatic heterocycles. The van der Waals surface area contributed by atoms with E-state index in [1.807, 2.05) is 0 Å². The Morgan fingerprint density at radius 3 is 2.50 bits per heavy atom. The molecule has 0 fully saturated rings. The Kier molecular flexibility index (Phi) is 3.49. The van der Waals surface area contributed by atoms with Gasteiger partial charge in [0.2, 0.25) is 0 Å². The average Bonchev–Trinajstić information content (AvgIpc) is 2.20. The van der Waals surface area contributed by atoms with Crippen LogP contribution in [0, 0.1) is 0 Å². The van der Waals surface area contributed by atoms with Crippen LogP contribution in [0.5, 0.6) is 0 Å². The summed E-state index contributed by atoms with van der Waals surface area (Å²) < 4.78 is 4.27. The molecule has 14 heavy (non-hydrogen) atoms. The predicted molar refractivity (Wildman–Crippen MR) is 52.8 cm³/mol. The van der Waals surface area contributed by atoms with Crippen molar-refractivity contribution in [3.8, 4) is 0 Å². The van der Waals surface area contributed by atoms with E-state index in [9.17, 15) is 9.59 Å². The predicted octanol–water partition coefficient (Wildman–Crippen LogP) is 2.35. The van der Waals surface area contributed by atoms with Crippen molar-refractivity contribution in [2.75, 3.05) is 7.11 Å². The number of benzene rings is 1. The third-order valence-electron chi connectivity index (χ3n) is 1.57. The van der Waals surface area contributed by atoms with E-state index in [4.69, 9.17) is 23.2 Å². The Morgan fingerprint density at radius 1 is 1.29 bits per heavy atom. The zero-order valence-corrected chi connectivity index (χ0v) is 8.72. The van der Waals surface area contributed by atoms with Gasteiger partial charge in [0.05, 0.1) is 17.2 Å². The number of halogens is 2. The molecule has 1 rings (SSSR count). The minimum atomic E-state index is -0.964. The minimum Gasteiger partial charge on any atom is -0.463 e. The first kappa shape index (κ1) is 11.0. The van der Waals surface area contributed by atoms with E-state index in [0.717, 1.165) is 7.11 Å². The molecule has 0 heterocycles. The summed E-state index contributed by atoms with van der Waals surface area (Å²) in [5.41, 5.74) is 0.0472. The Bertz CT molecular complexity index is 388. The lowest BCUT2D eigenvalue weighted by Crippen LogP contribution is -2.16. The largest absolute Gasteiger partial charge is 0.463 e. The molecule has 0 aliphatic rings. The number of rotatable bonds is 2. The highest BCUT2D eigenvalue weighted by molar-refractivity contribution is 6.49. The Labute approximate surface area is 90.6 Å². The summed E-state index contributed by atoms with van der Waals surface area (Å²) in [6.07, 6.45) is 0. The lowest BCUT2D eigenvalue weighted by Gasteiger charge is -2.02. The van der Waals surface area contributed by atoms with Crippen molar-refractivity contribution in [3.05, 3.63) is 33.8 Å². The zero-order valence-electron chi connectivity index (χ0n) is 7.21. The Balaban J connectivity index is 3.14. The lowest BCUT2D eigenvalue weighted by atomic mass is 10.1. The summed E-state index contributed by atoms with van der Waals surface area (Å²) in [6, 6.07) is 4.47. The first-order chi connectivity index (χ1) is 6.57. The number of Topliss-reactive ketones (excluding diaryl/α,β-unsaturated/α-hetero) is 1. The summed E-state index contributed by atoms with van der Waals surface area (Å²) in [6.45, 7) is 0. The van der Waals surface area contributed by atoms with Gasteiger partial charge in [0, 0.05) is 5.56 Å². The molecule has 3 nitrogen and oxygen atoms in total. The second-order valence-corrected chi connectivity index (χ2v) is 3.21. The van der Waals surface area contributed by atoms with E-state index >= 15 is 0 Å². The topological polar surface area (TPSA) is 43.4 Å². The SMILES string of the molecule is COC(=O)C(=O)c1cccc(Cl)c1Cl. The second kappa shape index (κ2) is 4.44. The maximum Gasteiger partial charge on any atom is 0.379 e. The van der Waals surface area contributed by atoms with Crippen LogP contribution in [0.1, 0.15) is 10.4 Å². The van der Waals surface area contributed by atoms with Gasteiger partial charge in [-0.15, -0.1) is 0 Å². The molecule has 1 aromatic rings. The van der Waals surface area contributed by atoms with E-state index in [2.05, 4.69) is 4.74 Å². The number of esters is 1. The fourth-order valence-corrected chi connectivity index (χ4v) is 1.27. The normalized spacial score (nSPS) is 9.64. The average molecular weight is 233 g/mol. The van der Waals surface area contributed by atoms with Crippen LogP contribution in [0.2, 0.25) is 10.0 Å². The van der Waals surface area contributed by atoms with Gasteiger partial charge >= 0.3 is 5.97 Å². The van der Waals surface area contributed by atoms with Crippen LogP contribution in [-0.4, -0.2) is 18.9 Å².